The maximum absolute atomic E-state index is 12.8. The summed E-state index contributed by atoms with van der Waals surface area (Å²) in [5, 5.41) is 13.2. The fourth-order valence-electron chi connectivity index (χ4n) is 3.19. The van der Waals surface area contributed by atoms with Crippen molar-refractivity contribution >= 4 is 11.7 Å². The van der Waals surface area contributed by atoms with E-state index in [4.69, 9.17) is 0 Å². The Kier molecular flexibility index (Phi) is 7.03. The molecule has 0 aliphatic rings. The van der Waals surface area contributed by atoms with E-state index in [2.05, 4.69) is 5.32 Å². The molecule has 1 unspecified atom stereocenters. The van der Waals surface area contributed by atoms with Gasteiger partial charge < -0.3 is 19.9 Å². The second kappa shape index (κ2) is 9.89. The van der Waals surface area contributed by atoms with E-state index < -0.39 is 12.1 Å². The number of aliphatic hydroxyl groups excluding tert-OH is 1. The van der Waals surface area contributed by atoms with Crippen LogP contribution in [0.2, 0.25) is 0 Å². The van der Waals surface area contributed by atoms with E-state index >= 15 is 0 Å². The van der Waals surface area contributed by atoms with Gasteiger partial charge >= 0.3 is 6.03 Å². The van der Waals surface area contributed by atoms with Crippen molar-refractivity contribution in [3.8, 4) is 0 Å². The van der Waals surface area contributed by atoms with E-state index in [1.165, 1.54) is 4.90 Å². The van der Waals surface area contributed by atoms with Gasteiger partial charge in [-0.15, -0.1) is 0 Å². The third-order valence-electron chi connectivity index (χ3n) is 4.98. The van der Waals surface area contributed by atoms with Crippen LogP contribution in [0, 0.1) is 6.92 Å². The molecular formula is C24H27N3O3. The van der Waals surface area contributed by atoms with Crippen LogP contribution >= 0.6 is 0 Å². The summed E-state index contributed by atoms with van der Waals surface area (Å²) < 4.78 is 1.56. The van der Waals surface area contributed by atoms with E-state index in [-0.39, 0.29) is 17.8 Å². The highest BCUT2D eigenvalue weighted by atomic mass is 16.3. The molecule has 1 heterocycles. The lowest BCUT2D eigenvalue weighted by Gasteiger charge is -2.24. The molecule has 6 heteroatoms. The zero-order valence-corrected chi connectivity index (χ0v) is 17.3. The maximum Gasteiger partial charge on any atom is 0.322 e. The Bertz CT molecular complexity index is 1030. The normalized spacial score (nSPS) is 11.7. The number of carbonyl (C=O) groups excluding carboxylic acids is 1. The molecule has 0 bridgehead atoms. The molecule has 1 aromatic heterocycles. The number of likely N-dealkylation sites (N-methyl/N-ethyl adjacent to an activating group) is 1. The summed E-state index contributed by atoms with van der Waals surface area (Å²) in [5.41, 5.74) is 2.79. The average Bonchev–Trinajstić information content (AvgIpc) is 2.75. The van der Waals surface area contributed by atoms with Crippen LogP contribution in [0.1, 0.15) is 29.7 Å². The van der Waals surface area contributed by atoms with Gasteiger partial charge in [0.2, 0.25) is 0 Å². The quantitative estimate of drug-likeness (QED) is 0.628. The van der Waals surface area contributed by atoms with Crippen LogP contribution in [-0.4, -0.2) is 33.7 Å². The van der Waals surface area contributed by atoms with E-state index in [0.717, 1.165) is 16.7 Å². The number of hydrogen-bond acceptors (Lipinski definition) is 3. The number of carbonyl (C=O) groups is 1. The van der Waals surface area contributed by atoms with Gasteiger partial charge in [0.15, 0.2) is 0 Å². The Morgan fingerprint density at radius 3 is 2.43 bits per heavy atom. The lowest BCUT2D eigenvalue weighted by molar-refractivity contribution is 0.128. The largest absolute Gasteiger partial charge is 0.387 e. The van der Waals surface area contributed by atoms with Crippen LogP contribution in [0.3, 0.4) is 0 Å². The molecule has 3 rings (SSSR count). The number of amides is 2. The number of aryl methyl sites for hydroxylation is 1. The lowest BCUT2D eigenvalue weighted by atomic mass is 10.1. The zero-order valence-electron chi connectivity index (χ0n) is 17.3. The van der Waals surface area contributed by atoms with Crippen LogP contribution in [0.15, 0.2) is 77.7 Å². The first-order valence-corrected chi connectivity index (χ1v) is 10.0. The van der Waals surface area contributed by atoms with Crippen LogP contribution in [0.4, 0.5) is 10.5 Å². The van der Waals surface area contributed by atoms with Crippen LogP contribution in [0.5, 0.6) is 0 Å². The fraction of sp³-hybridized carbons (Fsp3) is 0.250. The Balaban J connectivity index is 1.70. The summed E-state index contributed by atoms with van der Waals surface area (Å²) in [6.45, 7) is 4.77. The van der Waals surface area contributed by atoms with Crippen molar-refractivity contribution in [1.82, 2.24) is 9.47 Å². The number of urea groups is 1. The highest BCUT2D eigenvalue weighted by Gasteiger charge is 2.18. The van der Waals surface area contributed by atoms with E-state index in [1.54, 1.807) is 22.9 Å². The summed E-state index contributed by atoms with van der Waals surface area (Å²) in [6, 6.07) is 20.1. The zero-order chi connectivity index (χ0) is 21.5. The standard InChI is InChI=1S/C24H27N3O3/c1-3-26(17-22(28)20-13-11-18(2)12-14-20)24(30)25-21-10-7-15-27(23(21)29)16-19-8-5-4-6-9-19/h4-15,22,28H,3,16-17H2,1-2H3,(H,25,30). The fourth-order valence-corrected chi connectivity index (χ4v) is 3.19. The van der Waals surface area contributed by atoms with Crippen molar-refractivity contribution in [2.75, 3.05) is 18.4 Å². The molecule has 2 aromatic carbocycles. The number of nitrogens with one attached hydrogen (secondary N) is 1. The van der Waals surface area contributed by atoms with Gasteiger partial charge in [0.05, 0.1) is 19.2 Å². The first kappa shape index (κ1) is 21.3. The van der Waals surface area contributed by atoms with E-state index in [9.17, 15) is 14.7 Å². The number of nitrogens with zero attached hydrogens (tertiary/aromatic N) is 2. The first-order valence-electron chi connectivity index (χ1n) is 10.0. The molecule has 0 aliphatic carbocycles. The van der Waals surface area contributed by atoms with Crippen LogP contribution in [-0.2, 0) is 6.54 Å². The first-order chi connectivity index (χ1) is 14.5. The Morgan fingerprint density at radius 1 is 1.07 bits per heavy atom. The Morgan fingerprint density at radius 2 is 1.77 bits per heavy atom. The predicted octanol–water partition coefficient (Wildman–Crippen LogP) is 3.79. The molecule has 1 atom stereocenters. The van der Waals surface area contributed by atoms with Crippen LogP contribution < -0.4 is 10.9 Å². The molecule has 0 radical (unpaired) electrons. The van der Waals surface area contributed by atoms with Gasteiger partial charge in [0.25, 0.3) is 5.56 Å². The highest BCUT2D eigenvalue weighted by molar-refractivity contribution is 5.89. The minimum Gasteiger partial charge on any atom is -0.387 e. The molecular weight excluding hydrogens is 378 g/mol. The molecule has 0 spiro atoms. The number of aromatic nitrogens is 1. The third kappa shape index (κ3) is 5.36. The topological polar surface area (TPSA) is 74.6 Å². The minimum absolute atomic E-state index is 0.135. The summed E-state index contributed by atoms with van der Waals surface area (Å²) in [7, 11) is 0. The van der Waals surface area contributed by atoms with Crippen molar-refractivity contribution in [3.63, 3.8) is 0 Å². The average molecular weight is 405 g/mol. The lowest BCUT2D eigenvalue weighted by Crippen LogP contribution is -2.39. The van der Waals surface area contributed by atoms with Gasteiger partial charge in [0, 0.05) is 12.7 Å². The van der Waals surface area contributed by atoms with Gasteiger partial charge in [-0.25, -0.2) is 4.79 Å². The minimum atomic E-state index is -0.804. The van der Waals surface area contributed by atoms with Crippen molar-refractivity contribution in [3.05, 3.63) is 100.0 Å². The van der Waals surface area contributed by atoms with Gasteiger partial charge in [-0.2, -0.15) is 0 Å². The Hall–Kier alpha value is -3.38. The number of anilines is 1. The van der Waals surface area contributed by atoms with Crippen molar-refractivity contribution in [1.29, 1.82) is 0 Å². The molecule has 0 aliphatic heterocycles. The smallest absolute Gasteiger partial charge is 0.322 e. The molecule has 0 saturated carbocycles. The molecule has 3 aromatic rings. The van der Waals surface area contributed by atoms with Gasteiger partial charge in [-0.1, -0.05) is 60.2 Å². The monoisotopic (exact) mass is 405 g/mol. The summed E-state index contributed by atoms with van der Waals surface area (Å²) in [5.74, 6) is 0. The number of benzene rings is 2. The van der Waals surface area contributed by atoms with Gasteiger partial charge in [0.1, 0.15) is 5.69 Å². The molecule has 0 saturated heterocycles. The molecule has 30 heavy (non-hydrogen) atoms. The molecule has 156 valence electrons. The summed E-state index contributed by atoms with van der Waals surface area (Å²) in [6.07, 6.45) is 0.894. The van der Waals surface area contributed by atoms with E-state index in [1.807, 2.05) is 68.4 Å². The molecule has 2 amide bonds. The summed E-state index contributed by atoms with van der Waals surface area (Å²) in [4.78, 5) is 27.0. The number of rotatable bonds is 7. The number of pyridine rings is 1. The van der Waals surface area contributed by atoms with Gasteiger partial charge in [-0.05, 0) is 37.1 Å². The maximum atomic E-state index is 12.8. The SMILES string of the molecule is CCN(CC(O)c1ccc(C)cc1)C(=O)Nc1cccn(Cc2ccccc2)c1=O. The second-order valence-electron chi connectivity index (χ2n) is 7.24. The predicted molar refractivity (Wildman–Crippen MR) is 119 cm³/mol. The highest BCUT2D eigenvalue weighted by Crippen LogP contribution is 2.16. The van der Waals surface area contributed by atoms with Crippen molar-refractivity contribution in [2.45, 2.75) is 26.5 Å². The van der Waals surface area contributed by atoms with Crippen LogP contribution in [0.25, 0.3) is 0 Å². The third-order valence-corrected chi connectivity index (χ3v) is 4.98. The number of aliphatic hydroxyl groups is 1. The van der Waals surface area contributed by atoms with Crippen molar-refractivity contribution in [2.24, 2.45) is 0 Å². The Labute approximate surface area is 176 Å². The van der Waals surface area contributed by atoms with E-state index in [0.29, 0.717) is 13.1 Å². The second-order valence-corrected chi connectivity index (χ2v) is 7.24. The van der Waals surface area contributed by atoms with Gasteiger partial charge in [-0.3, -0.25) is 4.79 Å². The molecule has 2 N–H and O–H groups in total. The van der Waals surface area contributed by atoms with Crippen molar-refractivity contribution < 1.29 is 9.90 Å². The summed E-state index contributed by atoms with van der Waals surface area (Å²) >= 11 is 0. The molecule has 6 nitrogen and oxygen atoms in total. The number of hydrogen-bond donors (Lipinski definition) is 2. The molecule has 0 fully saturated rings.